The summed E-state index contributed by atoms with van der Waals surface area (Å²) in [6.45, 7) is 2.94. The second-order valence-electron chi connectivity index (χ2n) is 5.57. The topological polar surface area (TPSA) is 140 Å². The number of hydrogen-bond donors (Lipinski definition) is 2. The average Bonchev–Trinajstić information content (AvgIpc) is 3.12. The third-order valence-corrected chi connectivity index (χ3v) is 5.73. The molecule has 2 aromatic heterocycles. The summed E-state index contributed by atoms with van der Waals surface area (Å²) in [4.78, 5) is 19.1. The summed E-state index contributed by atoms with van der Waals surface area (Å²) in [5, 5.41) is 15.1. The lowest BCUT2D eigenvalue weighted by Crippen LogP contribution is -2.40. The Labute approximate surface area is 149 Å². The Morgan fingerprint density at radius 2 is 2.04 bits per heavy atom. The molecule has 1 atom stereocenters. The van der Waals surface area contributed by atoms with Crippen molar-refractivity contribution >= 4 is 16.1 Å². The fourth-order valence-corrected chi connectivity index (χ4v) is 3.91. The van der Waals surface area contributed by atoms with Gasteiger partial charge in [-0.15, -0.1) is 0 Å². The summed E-state index contributed by atoms with van der Waals surface area (Å²) in [5.41, 5.74) is 0. The molecule has 3 rings (SSSR count). The van der Waals surface area contributed by atoms with Crippen LogP contribution in [0.2, 0.25) is 0 Å². The van der Waals surface area contributed by atoms with Crippen molar-refractivity contribution < 1.29 is 23.1 Å². The van der Waals surface area contributed by atoms with Crippen LogP contribution in [0.1, 0.15) is 18.8 Å². The van der Waals surface area contributed by atoms with Crippen LogP contribution in [-0.2, 0) is 14.8 Å². The number of aromatic nitrogens is 4. The lowest BCUT2D eigenvalue weighted by atomic mass is 10.3. The number of hydrogen-bond acceptors (Lipinski definition) is 7. The zero-order valence-electron chi connectivity index (χ0n) is 13.9. The molecule has 26 heavy (non-hydrogen) atoms. The van der Waals surface area contributed by atoms with Gasteiger partial charge in [-0.3, -0.25) is 0 Å². The van der Waals surface area contributed by atoms with Gasteiger partial charge in [0.15, 0.2) is 11.6 Å². The molecule has 1 saturated heterocycles. The molecule has 2 aromatic rings. The number of nitrogens with one attached hydrogen (secondary N) is 1. The Bertz CT molecular complexity index is 875. The van der Waals surface area contributed by atoms with Crippen molar-refractivity contribution in [2.24, 2.45) is 0 Å². The van der Waals surface area contributed by atoms with Gasteiger partial charge in [0.25, 0.3) is 0 Å². The lowest BCUT2D eigenvalue weighted by Gasteiger charge is -2.25. The maximum Gasteiger partial charge on any atom is 0.405 e. The minimum Gasteiger partial charge on any atom is -0.465 e. The number of nitrogens with zero attached hydrogens (tertiary/aromatic N) is 5. The first-order valence-electron chi connectivity index (χ1n) is 7.83. The Morgan fingerprint density at radius 1 is 1.31 bits per heavy atom. The van der Waals surface area contributed by atoms with E-state index in [1.54, 1.807) is 6.92 Å². The van der Waals surface area contributed by atoms with E-state index in [-0.39, 0.29) is 4.90 Å². The van der Waals surface area contributed by atoms with E-state index in [0.717, 1.165) is 0 Å². The fraction of sp³-hybridized carbons (Fsp3) is 0.429. The maximum atomic E-state index is 12.6. The highest BCUT2D eigenvalue weighted by Gasteiger charge is 2.27. The van der Waals surface area contributed by atoms with Gasteiger partial charge in [-0.1, -0.05) is 0 Å². The van der Waals surface area contributed by atoms with Gasteiger partial charge >= 0.3 is 6.09 Å². The highest BCUT2D eigenvalue weighted by atomic mass is 32.2. The molecule has 0 aliphatic carbocycles. The molecule has 0 spiro atoms. The van der Waals surface area contributed by atoms with E-state index in [1.807, 2.05) is 0 Å². The van der Waals surface area contributed by atoms with E-state index in [1.165, 1.54) is 33.6 Å². The normalized spacial score (nSPS) is 17.0. The quantitative estimate of drug-likeness (QED) is 0.737. The molecule has 1 aliphatic heterocycles. The molecule has 3 heterocycles. The van der Waals surface area contributed by atoms with Gasteiger partial charge in [0.1, 0.15) is 11.2 Å². The van der Waals surface area contributed by atoms with Crippen molar-refractivity contribution in [3.05, 3.63) is 30.5 Å². The Kier molecular flexibility index (Phi) is 5.15. The smallest absolute Gasteiger partial charge is 0.405 e. The van der Waals surface area contributed by atoms with Gasteiger partial charge in [-0.2, -0.15) is 14.1 Å². The summed E-state index contributed by atoms with van der Waals surface area (Å²) in [6.07, 6.45) is 1.34. The first-order valence-corrected chi connectivity index (χ1v) is 9.27. The number of sulfonamides is 1. The second kappa shape index (κ2) is 7.35. The molecule has 1 fully saturated rings. The molecular weight excluding hydrogens is 364 g/mol. The molecule has 2 N–H and O–H groups in total. The van der Waals surface area contributed by atoms with Crippen molar-refractivity contribution in [1.29, 1.82) is 0 Å². The van der Waals surface area contributed by atoms with E-state index in [0.29, 0.717) is 37.9 Å². The van der Waals surface area contributed by atoms with Crippen LogP contribution in [0.25, 0.3) is 5.82 Å². The summed E-state index contributed by atoms with van der Waals surface area (Å²) < 4.78 is 33.1. The number of pyridine rings is 1. The van der Waals surface area contributed by atoms with Crippen molar-refractivity contribution in [2.75, 3.05) is 26.3 Å². The van der Waals surface area contributed by atoms with Crippen LogP contribution in [-0.4, -0.2) is 70.0 Å². The molecule has 0 aromatic carbocycles. The highest BCUT2D eigenvalue weighted by Crippen LogP contribution is 2.18. The van der Waals surface area contributed by atoms with Crippen molar-refractivity contribution in [3.63, 3.8) is 0 Å². The standard InChI is InChI=1S/C14H18N6O5S/c1-10(18-14(21)22)13-16-9-17-20(13)12-3-2-11(8-15-12)26(23,24)19-4-6-25-7-5-19/h2-3,8-10,18H,4-7H2,1H3,(H,21,22). The van der Waals surface area contributed by atoms with Crippen molar-refractivity contribution in [1.82, 2.24) is 29.4 Å². The summed E-state index contributed by atoms with van der Waals surface area (Å²) >= 11 is 0. The van der Waals surface area contributed by atoms with E-state index < -0.39 is 22.2 Å². The molecule has 140 valence electrons. The first kappa shape index (κ1) is 18.2. The molecule has 1 unspecified atom stereocenters. The molecular formula is C14H18N6O5S. The molecule has 12 heteroatoms. The van der Waals surface area contributed by atoms with E-state index in [2.05, 4.69) is 20.4 Å². The van der Waals surface area contributed by atoms with Crippen LogP contribution in [0.3, 0.4) is 0 Å². The third-order valence-electron chi connectivity index (χ3n) is 3.85. The minimum absolute atomic E-state index is 0.0709. The highest BCUT2D eigenvalue weighted by molar-refractivity contribution is 7.89. The molecule has 11 nitrogen and oxygen atoms in total. The summed E-state index contributed by atoms with van der Waals surface area (Å²) in [7, 11) is -3.63. The fourth-order valence-electron chi connectivity index (χ4n) is 2.56. The number of amides is 1. The maximum absolute atomic E-state index is 12.6. The van der Waals surface area contributed by atoms with Crippen LogP contribution in [0.15, 0.2) is 29.6 Å². The van der Waals surface area contributed by atoms with Crippen molar-refractivity contribution in [3.8, 4) is 5.82 Å². The van der Waals surface area contributed by atoms with Crippen LogP contribution < -0.4 is 5.32 Å². The number of carboxylic acid groups (broad SMARTS) is 1. The van der Waals surface area contributed by atoms with Crippen molar-refractivity contribution in [2.45, 2.75) is 17.9 Å². The van der Waals surface area contributed by atoms with Gasteiger partial charge in [0.2, 0.25) is 10.0 Å². The van der Waals surface area contributed by atoms with Crippen LogP contribution in [0, 0.1) is 0 Å². The van der Waals surface area contributed by atoms with Crippen LogP contribution in [0.5, 0.6) is 0 Å². The van der Waals surface area contributed by atoms with Gasteiger partial charge < -0.3 is 15.2 Å². The molecule has 1 amide bonds. The minimum atomic E-state index is -3.63. The zero-order chi connectivity index (χ0) is 18.7. The average molecular weight is 382 g/mol. The van der Waals surface area contributed by atoms with Gasteiger partial charge in [0, 0.05) is 19.3 Å². The SMILES string of the molecule is CC(NC(=O)O)c1ncnn1-c1ccc(S(=O)(=O)N2CCOCC2)cn1. The van der Waals surface area contributed by atoms with Gasteiger partial charge in [-0.25, -0.2) is 23.2 Å². The summed E-state index contributed by atoms with van der Waals surface area (Å²) in [6, 6.07) is 2.32. The predicted octanol–water partition coefficient (Wildman–Crippen LogP) is 0.0118. The molecule has 0 bridgehead atoms. The van der Waals surface area contributed by atoms with Gasteiger partial charge in [0.05, 0.1) is 19.3 Å². The second-order valence-corrected chi connectivity index (χ2v) is 7.51. The lowest BCUT2D eigenvalue weighted by molar-refractivity contribution is 0.0730. The summed E-state index contributed by atoms with van der Waals surface area (Å²) in [5.74, 6) is 0.668. The number of rotatable bonds is 5. The molecule has 1 aliphatic rings. The monoisotopic (exact) mass is 382 g/mol. The number of carbonyl (C=O) groups is 1. The Hall–Kier alpha value is -2.57. The third kappa shape index (κ3) is 3.66. The van der Waals surface area contributed by atoms with Gasteiger partial charge in [-0.05, 0) is 19.1 Å². The molecule has 0 saturated carbocycles. The van der Waals surface area contributed by atoms with E-state index >= 15 is 0 Å². The number of ether oxygens (including phenoxy) is 1. The predicted molar refractivity (Wildman–Crippen MR) is 88.3 cm³/mol. The van der Waals surface area contributed by atoms with E-state index in [9.17, 15) is 13.2 Å². The Morgan fingerprint density at radius 3 is 2.65 bits per heavy atom. The largest absolute Gasteiger partial charge is 0.465 e. The zero-order valence-corrected chi connectivity index (χ0v) is 14.8. The van der Waals surface area contributed by atoms with E-state index in [4.69, 9.17) is 9.84 Å². The van der Waals surface area contributed by atoms with Crippen LogP contribution >= 0.6 is 0 Å². The van der Waals surface area contributed by atoms with Crippen LogP contribution in [0.4, 0.5) is 4.79 Å². The number of morpholine rings is 1. The first-order chi connectivity index (χ1) is 12.4. The Balaban J connectivity index is 1.85. The molecule has 0 radical (unpaired) electrons.